The molecule has 0 saturated heterocycles. The molecule has 0 spiro atoms. The third-order valence-corrected chi connectivity index (χ3v) is 3.29. The first-order valence-corrected chi connectivity index (χ1v) is 6.49. The van der Waals surface area contributed by atoms with Crippen LogP contribution in [0.4, 0.5) is 11.4 Å². The summed E-state index contributed by atoms with van der Waals surface area (Å²) >= 11 is 0. The van der Waals surface area contributed by atoms with Gasteiger partial charge in [0.15, 0.2) is 0 Å². The first-order valence-electron chi connectivity index (χ1n) is 6.49. The molecule has 2 heterocycles. The number of hydrogen-bond donors (Lipinski definition) is 1. The topological polar surface area (TPSA) is 55.0 Å². The van der Waals surface area contributed by atoms with Crippen molar-refractivity contribution in [2.75, 3.05) is 17.7 Å². The van der Waals surface area contributed by atoms with Crippen LogP contribution in [0.3, 0.4) is 0 Å². The molecule has 3 aromatic rings. The summed E-state index contributed by atoms with van der Waals surface area (Å²) in [6.45, 7) is 0.707. The highest BCUT2D eigenvalue weighted by atomic mass is 15.1. The summed E-state index contributed by atoms with van der Waals surface area (Å²) < 4.78 is 0. The van der Waals surface area contributed by atoms with Crippen LogP contribution in [0.15, 0.2) is 54.9 Å². The second kappa shape index (κ2) is 5.17. The lowest BCUT2D eigenvalue weighted by atomic mass is 10.2. The zero-order valence-electron chi connectivity index (χ0n) is 11.3. The van der Waals surface area contributed by atoms with E-state index in [2.05, 4.69) is 33.1 Å². The van der Waals surface area contributed by atoms with Gasteiger partial charge in [-0.25, -0.2) is 0 Å². The number of fused-ring (bicyclic) bond motifs is 1. The SMILES string of the molecule is CN(Cc1ccc2ccccc2n1)c1ccncc1N. The predicted molar refractivity (Wildman–Crippen MR) is 82.5 cm³/mol. The summed E-state index contributed by atoms with van der Waals surface area (Å²) in [5.41, 5.74) is 9.62. The van der Waals surface area contributed by atoms with Crippen LogP contribution < -0.4 is 10.6 Å². The second-order valence-electron chi connectivity index (χ2n) is 4.79. The van der Waals surface area contributed by atoms with Crippen molar-refractivity contribution < 1.29 is 0 Å². The molecule has 2 N–H and O–H groups in total. The highest BCUT2D eigenvalue weighted by Crippen LogP contribution is 2.22. The van der Waals surface area contributed by atoms with Gasteiger partial charge in [-0.2, -0.15) is 0 Å². The van der Waals surface area contributed by atoms with E-state index in [1.165, 1.54) is 0 Å². The molecule has 0 fully saturated rings. The van der Waals surface area contributed by atoms with Gasteiger partial charge in [-0.15, -0.1) is 0 Å². The van der Waals surface area contributed by atoms with Gasteiger partial charge in [0.05, 0.1) is 35.3 Å². The third kappa shape index (κ3) is 2.40. The number of aromatic nitrogens is 2. The van der Waals surface area contributed by atoms with Crippen molar-refractivity contribution in [3.8, 4) is 0 Å². The molecule has 0 aliphatic heterocycles. The molecule has 4 heteroatoms. The van der Waals surface area contributed by atoms with Gasteiger partial charge < -0.3 is 10.6 Å². The molecule has 0 radical (unpaired) electrons. The molecule has 1 aromatic carbocycles. The van der Waals surface area contributed by atoms with E-state index in [1.807, 2.05) is 31.3 Å². The zero-order chi connectivity index (χ0) is 13.9. The molecule has 2 aromatic heterocycles. The molecular formula is C16H16N4. The van der Waals surface area contributed by atoms with Crippen molar-refractivity contribution in [2.45, 2.75) is 6.54 Å². The second-order valence-corrected chi connectivity index (χ2v) is 4.79. The van der Waals surface area contributed by atoms with E-state index in [9.17, 15) is 0 Å². The lowest BCUT2D eigenvalue weighted by molar-refractivity contribution is 0.892. The predicted octanol–water partition coefficient (Wildman–Crippen LogP) is 2.85. The molecule has 0 aliphatic carbocycles. The Morgan fingerprint density at radius 1 is 1.10 bits per heavy atom. The Kier molecular flexibility index (Phi) is 3.21. The Morgan fingerprint density at radius 3 is 2.80 bits per heavy atom. The average Bonchev–Trinajstić information content (AvgIpc) is 2.47. The lowest BCUT2D eigenvalue weighted by Gasteiger charge is -2.20. The molecule has 0 atom stereocenters. The van der Waals surface area contributed by atoms with Gasteiger partial charge in [0.2, 0.25) is 0 Å². The molecule has 0 bridgehead atoms. The first kappa shape index (κ1) is 12.4. The van der Waals surface area contributed by atoms with E-state index in [-0.39, 0.29) is 0 Å². The van der Waals surface area contributed by atoms with Crippen LogP contribution in [0.1, 0.15) is 5.69 Å². The summed E-state index contributed by atoms with van der Waals surface area (Å²) in [7, 11) is 2.00. The quantitative estimate of drug-likeness (QED) is 0.790. The maximum Gasteiger partial charge on any atom is 0.0738 e. The smallest absolute Gasteiger partial charge is 0.0738 e. The van der Waals surface area contributed by atoms with Crippen molar-refractivity contribution in [2.24, 2.45) is 0 Å². The van der Waals surface area contributed by atoms with Gasteiger partial charge >= 0.3 is 0 Å². The van der Waals surface area contributed by atoms with E-state index in [4.69, 9.17) is 5.73 Å². The summed E-state index contributed by atoms with van der Waals surface area (Å²) in [4.78, 5) is 10.8. The number of benzene rings is 1. The fourth-order valence-corrected chi connectivity index (χ4v) is 2.27. The number of para-hydroxylation sites is 1. The third-order valence-electron chi connectivity index (χ3n) is 3.29. The largest absolute Gasteiger partial charge is 0.396 e. The van der Waals surface area contributed by atoms with Crippen LogP contribution in [-0.2, 0) is 6.54 Å². The summed E-state index contributed by atoms with van der Waals surface area (Å²) in [5, 5.41) is 1.15. The number of hydrogen-bond acceptors (Lipinski definition) is 4. The number of nitrogens with zero attached hydrogens (tertiary/aromatic N) is 3. The minimum atomic E-state index is 0.677. The number of anilines is 2. The van der Waals surface area contributed by atoms with Gasteiger partial charge in [0.25, 0.3) is 0 Å². The Bertz CT molecular complexity index is 739. The monoisotopic (exact) mass is 264 g/mol. The average molecular weight is 264 g/mol. The highest BCUT2D eigenvalue weighted by Gasteiger charge is 2.07. The normalized spacial score (nSPS) is 10.7. The molecule has 0 amide bonds. The standard InChI is InChI=1S/C16H16N4/c1-20(16-8-9-18-10-14(16)17)11-13-7-6-12-4-2-3-5-15(12)19-13/h2-10H,11,17H2,1H3. The van der Waals surface area contributed by atoms with Crippen LogP contribution in [0, 0.1) is 0 Å². The Morgan fingerprint density at radius 2 is 1.95 bits per heavy atom. The van der Waals surface area contributed by atoms with Crippen molar-refractivity contribution in [3.63, 3.8) is 0 Å². The van der Waals surface area contributed by atoms with Crippen molar-refractivity contribution in [1.82, 2.24) is 9.97 Å². The molecule has 0 unspecified atom stereocenters. The van der Waals surface area contributed by atoms with Crippen LogP contribution in [-0.4, -0.2) is 17.0 Å². The first-order chi connectivity index (χ1) is 9.74. The minimum absolute atomic E-state index is 0.677. The number of nitrogen functional groups attached to an aromatic ring is 1. The van der Waals surface area contributed by atoms with Gasteiger partial charge in [-0.05, 0) is 18.2 Å². The van der Waals surface area contributed by atoms with Gasteiger partial charge in [-0.1, -0.05) is 24.3 Å². The molecule has 20 heavy (non-hydrogen) atoms. The number of nitrogens with two attached hydrogens (primary N) is 1. The summed E-state index contributed by atoms with van der Waals surface area (Å²) in [6, 6.07) is 14.2. The Hall–Kier alpha value is -2.62. The number of rotatable bonds is 3. The van der Waals surface area contributed by atoms with E-state index in [1.54, 1.807) is 12.4 Å². The van der Waals surface area contributed by atoms with Crippen LogP contribution >= 0.6 is 0 Å². The van der Waals surface area contributed by atoms with E-state index >= 15 is 0 Å². The van der Waals surface area contributed by atoms with E-state index in [0.717, 1.165) is 22.3 Å². The van der Waals surface area contributed by atoms with E-state index < -0.39 is 0 Å². The maximum absolute atomic E-state index is 5.94. The van der Waals surface area contributed by atoms with Crippen LogP contribution in [0.25, 0.3) is 10.9 Å². The maximum atomic E-state index is 5.94. The van der Waals surface area contributed by atoms with Crippen LogP contribution in [0.5, 0.6) is 0 Å². The van der Waals surface area contributed by atoms with Gasteiger partial charge in [0.1, 0.15) is 0 Å². The van der Waals surface area contributed by atoms with Crippen molar-refractivity contribution in [3.05, 3.63) is 60.6 Å². The minimum Gasteiger partial charge on any atom is -0.396 e. The van der Waals surface area contributed by atoms with Crippen LogP contribution in [0.2, 0.25) is 0 Å². The zero-order valence-corrected chi connectivity index (χ0v) is 11.3. The summed E-state index contributed by atoms with van der Waals surface area (Å²) in [6.07, 6.45) is 3.41. The highest BCUT2D eigenvalue weighted by molar-refractivity contribution is 5.78. The Labute approximate surface area is 117 Å². The fraction of sp³-hybridized carbons (Fsp3) is 0.125. The molecule has 4 nitrogen and oxygen atoms in total. The molecule has 0 saturated carbocycles. The molecule has 100 valence electrons. The molecular weight excluding hydrogens is 248 g/mol. The fourth-order valence-electron chi connectivity index (χ4n) is 2.27. The van der Waals surface area contributed by atoms with Crippen molar-refractivity contribution in [1.29, 1.82) is 0 Å². The molecule has 0 aliphatic rings. The Balaban J connectivity index is 1.87. The number of pyridine rings is 2. The lowest BCUT2D eigenvalue weighted by Crippen LogP contribution is -2.18. The van der Waals surface area contributed by atoms with Gasteiger partial charge in [0, 0.05) is 18.6 Å². The molecule has 3 rings (SSSR count). The summed E-state index contributed by atoms with van der Waals surface area (Å²) in [5.74, 6) is 0. The van der Waals surface area contributed by atoms with Crippen molar-refractivity contribution >= 4 is 22.3 Å². The van der Waals surface area contributed by atoms with E-state index in [0.29, 0.717) is 12.2 Å². The van der Waals surface area contributed by atoms with Gasteiger partial charge in [-0.3, -0.25) is 9.97 Å².